The first-order chi connectivity index (χ1) is 10.8. The summed E-state index contributed by atoms with van der Waals surface area (Å²) < 4.78 is 0. The van der Waals surface area contributed by atoms with Crippen LogP contribution in [0, 0.1) is 16.0 Å². The number of aliphatic carboxylic acids is 1. The largest absolute Gasteiger partial charge is 0.481 e. The molecule has 1 saturated heterocycles. The molecule has 2 rings (SSSR count). The molecule has 1 amide bonds. The van der Waals surface area contributed by atoms with Gasteiger partial charge in [-0.15, -0.1) is 0 Å². The maximum atomic E-state index is 12.5. The number of amides is 1. The summed E-state index contributed by atoms with van der Waals surface area (Å²) in [6.45, 7) is 2.06. The van der Waals surface area contributed by atoms with Crippen molar-refractivity contribution in [1.29, 1.82) is 0 Å². The van der Waals surface area contributed by atoms with Gasteiger partial charge in [0.1, 0.15) is 0 Å². The zero-order valence-electron chi connectivity index (χ0n) is 12.6. The summed E-state index contributed by atoms with van der Waals surface area (Å²) in [6, 6.07) is 3.94. The van der Waals surface area contributed by atoms with Crippen LogP contribution in [0.3, 0.4) is 0 Å². The van der Waals surface area contributed by atoms with Crippen LogP contribution >= 0.6 is 11.6 Å². The van der Waals surface area contributed by atoms with Crippen molar-refractivity contribution in [3.8, 4) is 0 Å². The van der Waals surface area contributed by atoms with Gasteiger partial charge in [-0.25, -0.2) is 0 Å². The molecular weight excluding hydrogens is 324 g/mol. The van der Waals surface area contributed by atoms with Crippen LogP contribution in [0.25, 0.3) is 0 Å². The first kappa shape index (κ1) is 17.2. The average molecular weight is 341 g/mol. The van der Waals surface area contributed by atoms with Crippen molar-refractivity contribution in [2.75, 3.05) is 6.54 Å². The lowest BCUT2D eigenvalue weighted by Crippen LogP contribution is -2.47. The normalized spacial score (nSPS) is 21.0. The quantitative estimate of drug-likeness (QED) is 0.670. The van der Waals surface area contributed by atoms with E-state index in [9.17, 15) is 19.7 Å². The Kier molecular flexibility index (Phi) is 5.20. The predicted molar refractivity (Wildman–Crippen MR) is 83.3 cm³/mol. The number of piperidine rings is 1. The van der Waals surface area contributed by atoms with Gasteiger partial charge in [0, 0.05) is 24.7 Å². The highest BCUT2D eigenvalue weighted by Crippen LogP contribution is 2.26. The van der Waals surface area contributed by atoms with Gasteiger partial charge in [0.05, 0.1) is 22.3 Å². The highest BCUT2D eigenvalue weighted by Gasteiger charge is 2.32. The fourth-order valence-electron chi connectivity index (χ4n) is 2.71. The molecule has 7 nitrogen and oxygen atoms in total. The zero-order chi connectivity index (χ0) is 17.1. The first-order valence-corrected chi connectivity index (χ1v) is 7.62. The van der Waals surface area contributed by atoms with Gasteiger partial charge in [-0.2, -0.15) is 0 Å². The molecule has 1 N–H and O–H groups in total. The molecule has 2 unspecified atom stereocenters. The molecule has 1 heterocycles. The standard InChI is InChI=1S/C15H17ClN2O5/c1-9-2-3-11(15(20)21)8-17(9)14(19)6-10-4-5-12(18(22)23)7-13(10)16/h4-5,7,9,11H,2-3,6,8H2,1H3,(H,20,21). The van der Waals surface area contributed by atoms with E-state index in [1.165, 1.54) is 18.2 Å². The van der Waals surface area contributed by atoms with Crippen molar-refractivity contribution in [3.63, 3.8) is 0 Å². The molecule has 0 spiro atoms. The van der Waals surface area contributed by atoms with E-state index in [-0.39, 0.29) is 35.6 Å². The number of rotatable bonds is 4. The Balaban J connectivity index is 2.11. The van der Waals surface area contributed by atoms with Crippen LogP contribution in [0.15, 0.2) is 18.2 Å². The number of carboxylic acids is 1. The summed E-state index contributed by atoms with van der Waals surface area (Å²) in [5.41, 5.74) is 0.357. The molecule has 0 bridgehead atoms. The Morgan fingerprint density at radius 3 is 2.70 bits per heavy atom. The minimum atomic E-state index is -0.900. The molecule has 1 aliphatic rings. The van der Waals surface area contributed by atoms with Crippen LogP contribution in [-0.2, 0) is 16.0 Å². The Hall–Kier alpha value is -2.15. The van der Waals surface area contributed by atoms with Crippen molar-refractivity contribution >= 4 is 29.2 Å². The Labute approximate surface area is 138 Å². The molecule has 1 aromatic carbocycles. The predicted octanol–water partition coefficient (Wildman–Crippen LogP) is 2.50. The van der Waals surface area contributed by atoms with Gasteiger partial charge >= 0.3 is 5.97 Å². The molecule has 0 radical (unpaired) electrons. The second kappa shape index (κ2) is 6.95. The fourth-order valence-corrected chi connectivity index (χ4v) is 2.96. The van der Waals surface area contributed by atoms with Gasteiger partial charge in [0.25, 0.3) is 5.69 Å². The molecule has 0 aliphatic carbocycles. The van der Waals surface area contributed by atoms with Crippen molar-refractivity contribution in [3.05, 3.63) is 38.9 Å². The van der Waals surface area contributed by atoms with Crippen LogP contribution in [0.5, 0.6) is 0 Å². The topological polar surface area (TPSA) is 101 Å². The molecule has 0 aromatic heterocycles. The van der Waals surface area contributed by atoms with Gasteiger partial charge < -0.3 is 10.0 Å². The van der Waals surface area contributed by atoms with E-state index in [2.05, 4.69) is 0 Å². The smallest absolute Gasteiger partial charge is 0.308 e. The molecule has 1 aliphatic heterocycles. The third-order valence-corrected chi connectivity index (χ3v) is 4.49. The molecule has 1 fully saturated rings. The maximum absolute atomic E-state index is 12.5. The van der Waals surface area contributed by atoms with Crippen LogP contribution in [0.4, 0.5) is 5.69 Å². The van der Waals surface area contributed by atoms with E-state index < -0.39 is 16.8 Å². The van der Waals surface area contributed by atoms with E-state index in [1.807, 2.05) is 6.92 Å². The third kappa shape index (κ3) is 3.98. The second-order valence-corrected chi connectivity index (χ2v) is 6.12. The van der Waals surface area contributed by atoms with E-state index in [0.717, 1.165) is 0 Å². The monoisotopic (exact) mass is 340 g/mol. The minimum absolute atomic E-state index is 0.00644. The van der Waals surface area contributed by atoms with Gasteiger partial charge in [-0.3, -0.25) is 19.7 Å². The number of nitro groups is 1. The van der Waals surface area contributed by atoms with Gasteiger partial charge in [-0.05, 0) is 25.3 Å². The minimum Gasteiger partial charge on any atom is -0.481 e. The Morgan fingerprint density at radius 2 is 2.13 bits per heavy atom. The SMILES string of the molecule is CC1CCC(C(=O)O)CN1C(=O)Cc1ccc([N+](=O)[O-])cc1Cl. The summed E-state index contributed by atoms with van der Waals surface area (Å²) >= 11 is 6.00. The van der Waals surface area contributed by atoms with Crippen LogP contribution in [0.1, 0.15) is 25.3 Å². The Morgan fingerprint density at radius 1 is 1.43 bits per heavy atom. The second-order valence-electron chi connectivity index (χ2n) is 5.72. The third-order valence-electron chi connectivity index (χ3n) is 4.14. The number of hydrogen-bond acceptors (Lipinski definition) is 4. The number of carboxylic acid groups (broad SMARTS) is 1. The van der Waals surface area contributed by atoms with Gasteiger partial charge in [0.15, 0.2) is 0 Å². The van der Waals surface area contributed by atoms with Crippen molar-refractivity contribution in [2.45, 2.75) is 32.2 Å². The number of nitro benzene ring substituents is 1. The summed E-state index contributed by atoms with van der Waals surface area (Å²) in [6.07, 6.45) is 1.18. The number of carbonyl (C=O) groups is 2. The molecule has 23 heavy (non-hydrogen) atoms. The fraction of sp³-hybridized carbons (Fsp3) is 0.467. The highest BCUT2D eigenvalue weighted by atomic mass is 35.5. The number of halogens is 1. The number of carbonyl (C=O) groups excluding carboxylic acids is 1. The molecule has 1 aromatic rings. The molecule has 124 valence electrons. The molecular formula is C15H17ClN2O5. The van der Waals surface area contributed by atoms with Gasteiger partial charge in [-0.1, -0.05) is 17.7 Å². The van der Waals surface area contributed by atoms with Crippen molar-refractivity contribution in [2.24, 2.45) is 5.92 Å². The first-order valence-electron chi connectivity index (χ1n) is 7.24. The highest BCUT2D eigenvalue weighted by molar-refractivity contribution is 6.31. The van der Waals surface area contributed by atoms with E-state index in [4.69, 9.17) is 16.7 Å². The number of hydrogen-bond donors (Lipinski definition) is 1. The summed E-state index contributed by atoms with van der Waals surface area (Å²) in [5, 5.41) is 20.0. The molecule has 0 saturated carbocycles. The van der Waals surface area contributed by atoms with Crippen LogP contribution in [-0.4, -0.2) is 39.4 Å². The number of nitrogens with zero attached hydrogens (tertiary/aromatic N) is 2. The van der Waals surface area contributed by atoms with Crippen LogP contribution < -0.4 is 0 Å². The lowest BCUT2D eigenvalue weighted by Gasteiger charge is -2.36. The zero-order valence-corrected chi connectivity index (χ0v) is 13.3. The van der Waals surface area contributed by atoms with E-state index in [0.29, 0.717) is 18.4 Å². The lowest BCUT2D eigenvalue weighted by molar-refractivity contribution is -0.384. The average Bonchev–Trinajstić information content (AvgIpc) is 2.49. The summed E-state index contributed by atoms with van der Waals surface area (Å²) in [5.74, 6) is -1.68. The maximum Gasteiger partial charge on any atom is 0.308 e. The summed E-state index contributed by atoms with van der Waals surface area (Å²) in [7, 11) is 0. The number of likely N-dealkylation sites (tertiary alicyclic amines) is 1. The molecule has 8 heteroatoms. The molecule has 2 atom stereocenters. The van der Waals surface area contributed by atoms with Gasteiger partial charge in [0.2, 0.25) is 5.91 Å². The lowest BCUT2D eigenvalue weighted by atomic mass is 9.93. The summed E-state index contributed by atoms with van der Waals surface area (Å²) in [4.78, 5) is 35.3. The number of benzene rings is 1. The number of non-ortho nitro benzene ring substituents is 1. The Bertz CT molecular complexity index is 649. The van der Waals surface area contributed by atoms with E-state index in [1.54, 1.807) is 4.90 Å². The van der Waals surface area contributed by atoms with Crippen LogP contribution in [0.2, 0.25) is 5.02 Å². The van der Waals surface area contributed by atoms with E-state index >= 15 is 0 Å². The van der Waals surface area contributed by atoms with Crippen molar-refractivity contribution < 1.29 is 19.6 Å². The van der Waals surface area contributed by atoms with Crippen molar-refractivity contribution in [1.82, 2.24) is 4.90 Å².